The van der Waals surface area contributed by atoms with Crippen molar-refractivity contribution >= 4 is 0 Å². The molecular weight excluding hydrogens is 603 g/mol. The summed E-state index contributed by atoms with van der Waals surface area (Å²) in [6.07, 6.45) is 8.75. The zero-order valence-corrected chi connectivity index (χ0v) is 34.7. The lowest BCUT2D eigenvalue weighted by atomic mass is 9.91. The predicted molar refractivity (Wildman–Crippen MR) is 210 cm³/mol. The second-order valence-electron chi connectivity index (χ2n) is 19.5. The maximum Gasteiger partial charge on any atom is 0.0266 e. The molecule has 7 aliphatic heterocycles. The molecule has 7 heteroatoms. The first-order valence-corrected chi connectivity index (χ1v) is 21.2. The van der Waals surface area contributed by atoms with Gasteiger partial charge in [-0.25, -0.2) is 0 Å². The third-order valence-corrected chi connectivity index (χ3v) is 14.7. The van der Waals surface area contributed by atoms with Crippen LogP contribution < -0.4 is 0 Å². The number of fused-ring (bicyclic) bond motifs is 4. The quantitative estimate of drug-likeness (QED) is 0.374. The van der Waals surface area contributed by atoms with E-state index in [9.17, 15) is 0 Å². The molecule has 0 bridgehead atoms. The summed E-state index contributed by atoms with van der Waals surface area (Å²) in [7, 11) is 9.09. The zero-order chi connectivity index (χ0) is 35.6. The number of piperidine rings is 1. The SMILES string of the molecule is CC(C)C1CC2CCCN(C)C2C1.CC(C)N1CC2CCN(C)C2C1.CC(C)N1CC2CN(C)CC2C1.CC(C)N1CCC2CN(C)CC21. The van der Waals surface area contributed by atoms with E-state index >= 15 is 0 Å². The minimum atomic E-state index is 0.740. The van der Waals surface area contributed by atoms with E-state index in [4.69, 9.17) is 0 Å². The Morgan fingerprint density at radius 1 is 0.429 bits per heavy atom. The van der Waals surface area contributed by atoms with Gasteiger partial charge in [0, 0.05) is 88.6 Å². The third-order valence-electron chi connectivity index (χ3n) is 14.7. The lowest BCUT2D eigenvalue weighted by Gasteiger charge is -2.34. The molecule has 1 saturated carbocycles. The highest BCUT2D eigenvalue weighted by Gasteiger charge is 2.42. The third kappa shape index (κ3) is 10.0. The van der Waals surface area contributed by atoms with Gasteiger partial charge in [0.2, 0.25) is 0 Å². The standard InChI is InChI=1S/C12H23N.3C10H20N2/c1-9(2)11-7-10-5-4-6-13(3)12(10)8-11;1-8(2)12-6-9-4-11(3)5-10(9)7-12;1-8(2)12-5-4-9-6-11(3)7-10(9)12;1-8(2)12-6-9-4-5-11(3)10(9)7-12/h9-12H,4-8H2,1-3H3;3*8-10H,4-7H2,1-3H3. The molecule has 0 N–H and O–H groups in total. The van der Waals surface area contributed by atoms with E-state index in [-0.39, 0.29) is 0 Å². The van der Waals surface area contributed by atoms with E-state index in [1.165, 1.54) is 111 Å². The van der Waals surface area contributed by atoms with E-state index in [2.05, 4.69) is 118 Å². The first kappa shape index (κ1) is 39.9. The van der Waals surface area contributed by atoms with Gasteiger partial charge in [-0.05, 0) is 169 Å². The van der Waals surface area contributed by atoms with Crippen molar-refractivity contribution in [1.29, 1.82) is 0 Å². The Morgan fingerprint density at radius 2 is 0.959 bits per heavy atom. The normalized spacial score (nSPS) is 38.8. The summed E-state index contributed by atoms with van der Waals surface area (Å²) in [5.74, 6) is 6.82. The smallest absolute Gasteiger partial charge is 0.0266 e. The van der Waals surface area contributed by atoms with Gasteiger partial charge in [-0.15, -0.1) is 0 Å². The molecule has 286 valence electrons. The van der Waals surface area contributed by atoms with Crippen LogP contribution in [-0.2, 0) is 0 Å². The summed E-state index contributed by atoms with van der Waals surface area (Å²) in [6.45, 7) is 33.3. The van der Waals surface area contributed by atoms with Crippen molar-refractivity contribution in [2.75, 3.05) is 100 Å². The lowest BCUT2D eigenvalue weighted by molar-refractivity contribution is 0.144. The van der Waals surface area contributed by atoms with Crippen LogP contribution in [0.4, 0.5) is 0 Å². The van der Waals surface area contributed by atoms with Gasteiger partial charge in [-0.3, -0.25) is 9.80 Å². The highest BCUT2D eigenvalue weighted by molar-refractivity contribution is 4.97. The molecule has 0 radical (unpaired) electrons. The van der Waals surface area contributed by atoms with Crippen LogP contribution in [0.15, 0.2) is 0 Å². The Balaban J connectivity index is 0.000000127. The average molecular weight is 686 g/mol. The maximum atomic E-state index is 2.67. The van der Waals surface area contributed by atoms with Gasteiger partial charge in [0.25, 0.3) is 0 Å². The molecule has 9 atom stereocenters. The van der Waals surface area contributed by atoms with Crippen LogP contribution in [0.3, 0.4) is 0 Å². The van der Waals surface area contributed by atoms with Gasteiger partial charge >= 0.3 is 0 Å². The molecule has 0 amide bonds. The predicted octanol–water partition coefficient (Wildman–Crippen LogP) is 5.71. The Bertz CT molecular complexity index is 972. The van der Waals surface area contributed by atoms with E-state index < -0.39 is 0 Å². The van der Waals surface area contributed by atoms with Crippen LogP contribution in [0.2, 0.25) is 0 Å². The summed E-state index contributed by atoms with van der Waals surface area (Å²) >= 11 is 0. The van der Waals surface area contributed by atoms with Crippen LogP contribution in [0.1, 0.15) is 93.9 Å². The molecule has 49 heavy (non-hydrogen) atoms. The Labute approximate surface area is 305 Å². The molecule has 8 fully saturated rings. The van der Waals surface area contributed by atoms with E-state index in [0.717, 1.165) is 77.7 Å². The number of rotatable bonds is 4. The summed E-state index contributed by atoms with van der Waals surface area (Å²) in [5.41, 5.74) is 0. The van der Waals surface area contributed by atoms with Gasteiger partial charge in [-0.1, -0.05) is 13.8 Å². The molecule has 9 unspecified atom stereocenters. The van der Waals surface area contributed by atoms with Crippen LogP contribution in [0.25, 0.3) is 0 Å². The molecule has 7 saturated heterocycles. The second kappa shape index (κ2) is 17.7. The van der Waals surface area contributed by atoms with Crippen LogP contribution in [-0.4, -0.2) is 171 Å². The van der Waals surface area contributed by atoms with E-state index in [0.29, 0.717) is 0 Å². The van der Waals surface area contributed by atoms with Crippen molar-refractivity contribution in [3.63, 3.8) is 0 Å². The number of hydrogen-bond donors (Lipinski definition) is 0. The number of likely N-dealkylation sites (tertiary alicyclic amines) is 7. The van der Waals surface area contributed by atoms with Crippen molar-refractivity contribution < 1.29 is 0 Å². The minimum Gasteiger partial charge on any atom is -0.306 e. The summed E-state index contributed by atoms with van der Waals surface area (Å²) < 4.78 is 0. The monoisotopic (exact) mass is 686 g/mol. The topological polar surface area (TPSA) is 22.7 Å². The highest BCUT2D eigenvalue weighted by atomic mass is 15.3. The van der Waals surface area contributed by atoms with Crippen molar-refractivity contribution in [3.05, 3.63) is 0 Å². The number of nitrogens with zero attached hydrogens (tertiary/aromatic N) is 7. The first-order chi connectivity index (χ1) is 23.2. The molecule has 0 spiro atoms. The van der Waals surface area contributed by atoms with Gasteiger partial charge in [0.1, 0.15) is 0 Å². The van der Waals surface area contributed by atoms with E-state index in [1.807, 2.05) is 0 Å². The molecule has 8 rings (SSSR count). The zero-order valence-electron chi connectivity index (χ0n) is 34.7. The van der Waals surface area contributed by atoms with Crippen molar-refractivity contribution in [2.24, 2.45) is 41.4 Å². The van der Waals surface area contributed by atoms with Gasteiger partial charge in [-0.2, -0.15) is 0 Å². The van der Waals surface area contributed by atoms with Crippen LogP contribution in [0.5, 0.6) is 0 Å². The van der Waals surface area contributed by atoms with Crippen LogP contribution >= 0.6 is 0 Å². The van der Waals surface area contributed by atoms with Crippen molar-refractivity contribution in [2.45, 2.75) is 130 Å². The lowest BCUT2D eigenvalue weighted by Crippen LogP contribution is -2.39. The van der Waals surface area contributed by atoms with Gasteiger partial charge in [0.05, 0.1) is 0 Å². The number of likely N-dealkylation sites (N-methyl/N-ethyl adjacent to an activating group) is 2. The fourth-order valence-electron chi connectivity index (χ4n) is 11.5. The summed E-state index contributed by atoms with van der Waals surface area (Å²) in [5, 5.41) is 0. The Hall–Kier alpha value is -0.280. The number of hydrogen-bond acceptors (Lipinski definition) is 7. The molecule has 7 heterocycles. The maximum absolute atomic E-state index is 2.67. The van der Waals surface area contributed by atoms with E-state index in [1.54, 1.807) is 0 Å². The molecule has 7 nitrogen and oxygen atoms in total. The van der Waals surface area contributed by atoms with Crippen LogP contribution in [0, 0.1) is 41.4 Å². The first-order valence-electron chi connectivity index (χ1n) is 21.2. The molecule has 1 aliphatic carbocycles. The molecule has 0 aromatic rings. The summed E-state index contributed by atoms with van der Waals surface area (Å²) in [6, 6.07) is 4.90. The highest BCUT2D eigenvalue weighted by Crippen LogP contribution is 2.42. The second-order valence-corrected chi connectivity index (χ2v) is 19.5. The van der Waals surface area contributed by atoms with Crippen molar-refractivity contribution in [1.82, 2.24) is 34.3 Å². The molecular formula is C42H83N7. The fraction of sp³-hybridized carbons (Fsp3) is 1.00. The van der Waals surface area contributed by atoms with Gasteiger partial charge in [0.15, 0.2) is 0 Å². The Morgan fingerprint density at radius 3 is 1.53 bits per heavy atom. The Kier molecular flexibility index (Phi) is 14.4. The summed E-state index contributed by atoms with van der Waals surface area (Å²) in [4.78, 5) is 18.0. The largest absolute Gasteiger partial charge is 0.306 e. The molecule has 8 aliphatic rings. The minimum absolute atomic E-state index is 0.740. The molecule has 0 aromatic carbocycles. The average Bonchev–Trinajstić information content (AvgIpc) is 3.86. The van der Waals surface area contributed by atoms with Crippen molar-refractivity contribution in [3.8, 4) is 0 Å². The molecule has 0 aromatic heterocycles. The fourth-order valence-corrected chi connectivity index (χ4v) is 11.5. The van der Waals surface area contributed by atoms with Gasteiger partial charge < -0.3 is 24.5 Å².